The van der Waals surface area contributed by atoms with E-state index in [1.54, 1.807) is 0 Å². The van der Waals surface area contributed by atoms with E-state index in [-0.39, 0.29) is 12.0 Å². The lowest BCUT2D eigenvalue weighted by atomic mass is 10.1. The Labute approximate surface area is 197 Å². The van der Waals surface area contributed by atoms with Crippen molar-refractivity contribution < 1.29 is 9.53 Å². The average Bonchev–Trinajstić information content (AvgIpc) is 3.32. The molecule has 1 amide bonds. The van der Waals surface area contributed by atoms with Crippen LogP contribution in [0.2, 0.25) is 0 Å². The van der Waals surface area contributed by atoms with Crippen molar-refractivity contribution in [2.75, 3.05) is 25.0 Å². The molecule has 0 saturated carbocycles. The number of carbonyl (C=O) groups excluding carboxylic acids is 1. The Morgan fingerprint density at radius 3 is 2.36 bits per heavy atom. The molecule has 0 radical (unpaired) electrons. The summed E-state index contributed by atoms with van der Waals surface area (Å²) < 4.78 is 6.11. The van der Waals surface area contributed by atoms with Gasteiger partial charge >= 0.3 is 0 Å². The predicted octanol–water partition coefficient (Wildman–Crippen LogP) is 5.64. The highest BCUT2D eigenvalue weighted by Gasteiger charge is 2.28. The normalized spacial score (nSPS) is 16.4. The van der Waals surface area contributed by atoms with Crippen LogP contribution in [0.4, 0.5) is 5.69 Å². The summed E-state index contributed by atoms with van der Waals surface area (Å²) in [6, 6.07) is 29.8. The maximum Gasteiger partial charge on any atom is 0.268 e. The number of nitrogens with zero attached hydrogens (tertiary/aromatic N) is 2. The molecule has 1 atom stereocenters. The van der Waals surface area contributed by atoms with Crippen molar-refractivity contribution in [3.05, 3.63) is 106 Å². The first-order chi connectivity index (χ1) is 16.3. The van der Waals surface area contributed by atoms with Crippen molar-refractivity contribution in [3.63, 3.8) is 0 Å². The van der Waals surface area contributed by atoms with Gasteiger partial charge in [0, 0.05) is 30.9 Å². The minimum Gasteiger partial charge on any atom is -0.368 e. The van der Waals surface area contributed by atoms with Crippen molar-refractivity contribution in [1.82, 2.24) is 9.88 Å². The molecule has 4 aromatic rings. The van der Waals surface area contributed by atoms with E-state index in [0.717, 1.165) is 35.9 Å². The third-order valence-corrected chi connectivity index (χ3v) is 6.75. The van der Waals surface area contributed by atoms with Crippen LogP contribution in [0.3, 0.4) is 0 Å². The molecule has 1 aromatic heterocycles. The molecule has 0 aliphatic carbocycles. The molecule has 33 heavy (non-hydrogen) atoms. The van der Waals surface area contributed by atoms with Crippen LogP contribution in [0, 0.1) is 0 Å². The van der Waals surface area contributed by atoms with Crippen LogP contribution in [-0.2, 0) is 11.3 Å². The van der Waals surface area contributed by atoms with Crippen molar-refractivity contribution in [2.45, 2.75) is 12.6 Å². The van der Waals surface area contributed by atoms with Crippen LogP contribution >= 0.6 is 11.3 Å². The van der Waals surface area contributed by atoms with Crippen LogP contribution in [-0.4, -0.2) is 35.5 Å². The number of nitrogens with one attached hydrogen (secondary N) is 1. The molecule has 6 heteroatoms. The molecule has 1 unspecified atom stereocenters. The minimum atomic E-state index is -0.159. The summed E-state index contributed by atoms with van der Waals surface area (Å²) in [5.74, 6) is -0.152. The molecule has 0 spiro atoms. The summed E-state index contributed by atoms with van der Waals surface area (Å²) in [4.78, 5) is 21.1. The van der Waals surface area contributed by atoms with Gasteiger partial charge in [0.15, 0.2) is 0 Å². The molecular weight excluding hydrogens is 430 g/mol. The Balaban J connectivity index is 1.41. The number of rotatable bonds is 6. The number of morpholine rings is 1. The first-order valence-corrected chi connectivity index (χ1v) is 11.9. The number of benzene rings is 3. The number of carbonyl (C=O) groups is 1. The molecule has 166 valence electrons. The van der Waals surface area contributed by atoms with Gasteiger partial charge in [0.25, 0.3) is 5.91 Å². The van der Waals surface area contributed by atoms with Gasteiger partial charge in [-0.2, -0.15) is 0 Å². The van der Waals surface area contributed by atoms with E-state index in [4.69, 9.17) is 9.72 Å². The number of anilines is 1. The van der Waals surface area contributed by atoms with Gasteiger partial charge in [0.1, 0.15) is 16.0 Å². The highest BCUT2D eigenvalue weighted by atomic mass is 32.1. The average molecular weight is 456 g/mol. The summed E-state index contributed by atoms with van der Waals surface area (Å²) in [7, 11) is 0. The number of para-hydroxylation sites is 1. The number of ether oxygens (including phenoxy) is 1. The van der Waals surface area contributed by atoms with Crippen molar-refractivity contribution in [2.24, 2.45) is 0 Å². The Hall–Kier alpha value is -3.32. The van der Waals surface area contributed by atoms with E-state index in [1.807, 2.05) is 66.7 Å². The van der Waals surface area contributed by atoms with Crippen molar-refractivity contribution in [3.8, 4) is 11.3 Å². The summed E-state index contributed by atoms with van der Waals surface area (Å²) in [6.07, 6.45) is -0.159. The van der Waals surface area contributed by atoms with Gasteiger partial charge in [-0.05, 0) is 17.7 Å². The second kappa shape index (κ2) is 10.1. The summed E-state index contributed by atoms with van der Waals surface area (Å²) in [6.45, 7) is 3.14. The number of amides is 1. The van der Waals surface area contributed by atoms with E-state index in [0.29, 0.717) is 17.2 Å². The van der Waals surface area contributed by atoms with Gasteiger partial charge in [-0.1, -0.05) is 78.9 Å². The van der Waals surface area contributed by atoms with Crippen LogP contribution in [0.15, 0.2) is 91.0 Å². The van der Waals surface area contributed by atoms with Gasteiger partial charge in [-0.25, -0.2) is 4.98 Å². The highest BCUT2D eigenvalue weighted by molar-refractivity contribution is 7.14. The summed E-state index contributed by atoms with van der Waals surface area (Å²) in [5, 5.41) is 3.84. The minimum absolute atomic E-state index is 0.152. The van der Waals surface area contributed by atoms with Gasteiger partial charge in [0.2, 0.25) is 0 Å². The van der Waals surface area contributed by atoms with E-state index >= 15 is 0 Å². The van der Waals surface area contributed by atoms with Crippen LogP contribution in [0.25, 0.3) is 11.3 Å². The molecule has 3 aromatic carbocycles. The van der Waals surface area contributed by atoms with Crippen LogP contribution in [0.1, 0.15) is 26.3 Å². The summed E-state index contributed by atoms with van der Waals surface area (Å²) in [5.41, 5.74) is 3.67. The zero-order valence-corrected chi connectivity index (χ0v) is 19.0. The molecule has 1 fully saturated rings. The monoisotopic (exact) mass is 455 g/mol. The lowest BCUT2D eigenvalue weighted by Crippen LogP contribution is -2.37. The fraction of sp³-hybridized carbons (Fsp3) is 0.185. The van der Waals surface area contributed by atoms with E-state index in [2.05, 4.69) is 34.5 Å². The fourth-order valence-electron chi connectivity index (χ4n) is 3.97. The topological polar surface area (TPSA) is 54.5 Å². The number of thiazole rings is 1. The Bertz CT molecular complexity index is 1200. The van der Waals surface area contributed by atoms with Crippen LogP contribution in [0.5, 0.6) is 0 Å². The fourth-order valence-corrected chi connectivity index (χ4v) is 4.99. The standard InChI is InChI=1S/C27H25N3O2S/c31-26(28-22-14-8-3-9-15-22)25-24(21-12-6-2-7-13-21)29-27(33-25)23-19-30(16-17-32-23)18-20-10-4-1-5-11-20/h1-15,23H,16-19H2,(H,28,31). The van der Waals surface area contributed by atoms with E-state index in [1.165, 1.54) is 16.9 Å². The molecule has 1 aliphatic heterocycles. The first-order valence-electron chi connectivity index (χ1n) is 11.1. The largest absolute Gasteiger partial charge is 0.368 e. The molecule has 2 heterocycles. The van der Waals surface area contributed by atoms with Gasteiger partial charge in [-0.15, -0.1) is 11.3 Å². The summed E-state index contributed by atoms with van der Waals surface area (Å²) >= 11 is 1.42. The second-order valence-corrected chi connectivity index (χ2v) is 9.03. The highest BCUT2D eigenvalue weighted by Crippen LogP contribution is 2.34. The molecule has 5 nitrogen and oxygen atoms in total. The number of hydrogen-bond donors (Lipinski definition) is 1. The SMILES string of the molecule is O=C(Nc1ccccc1)c1sc(C2CN(Cc3ccccc3)CCO2)nc1-c1ccccc1. The molecule has 1 aliphatic rings. The van der Waals surface area contributed by atoms with Gasteiger partial charge in [0.05, 0.1) is 12.3 Å². The van der Waals surface area contributed by atoms with E-state index in [9.17, 15) is 4.79 Å². The quantitative estimate of drug-likeness (QED) is 0.409. The molecule has 1 saturated heterocycles. The Kier molecular flexibility index (Phi) is 6.58. The molecule has 5 rings (SSSR count). The predicted molar refractivity (Wildman–Crippen MR) is 132 cm³/mol. The Morgan fingerprint density at radius 1 is 0.970 bits per heavy atom. The first kappa shape index (κ1) is 21.5. The maximum atomic E-state index is 13.2. The zero-order chi connectivity index (χ0) is 22.5. The third kappa shape index (κ3) is 5.20. The molecule has 0 bridgehead atoms. The van der Waals surface area contributed by atoms with Crippen molar-refractivity contribution in [1.29, 1.82) is 0 Å². The van der Waals surface area contributed by atoms with Crippen molar-refractivity contribution >= 4 is 22.9 Å². The van der Waals surface area contributed by atoms with Crippen LogP contribution < -0.4 is 5.32 Å². The Morgan fingerprint density at radius 2 is 1.64 bits per heavy atom. The van der Waals surface area contributed by atoms with Gasteiger partial charge in [-0.3, -0.25) is 9.69 Å². The maximum absolute atomic E-state index is 13.2. The lowest BCUT2D eigenvalue weighted by Gasteiger charge is -2.32. The number of hydrogen-bond acceptors (Lipinski definition) is 5. The zero-order valence-electron chi connectivity index (χ0n) is 18.2. The third-order valence-electron chi connectivity index (χ3n) is 5.60. The molecular formula is C27H25N3O2S. The number of aromatic nitrogens is 1. The smallest absolute Gasteiger partial charge is 0.268 e. The van der Waals surface area contributed by atoms with Gasteiger partial charge < -0.3 is 10.1 Å². The second-order valence-electron chi connectivity index (χ2n) is 8.00. The molecule has 1 N–H and O–H groups in total. The van der Waals surface area contributed by atoms with E-state index < -0.39 is 0 Å². The lowest BCUT2D eigenvalue weighted by molar-refractivity contribution is -0.0329.